The first-order valence-electron chi connectivity index (χ1n) is 5.51. The highest BCUT2D eigenvalue weighted by molar-refractivity contribution is 5.79. The first kappa shape index (κ1) is 11.2. The van der Waals surface area contributed by atoms with Crippen molar-refractivity contribution < 1.29 is 4.84 Å². The average Bonchev–Trinajstić information content (AvgIpc) is 2.62. The van der Waals surface area contributed by atoms with Crippen molar-refractivity contribution in [2.75, 3.05) is 0 Å². The number of rotatable bonds is 3. The fourth-order valence-electron chi connectivity index (χ4n) is 1.54. The maximum absolute atomic E-state index is 5.47. The Balaban J connectivity index is 1.99. The van der Waals surface area contributed by atoms with Crippen LogP contribution in [0, 0.1) is 0 Å². The Bertz CT molecular complexity index is 468. The summed E-state index contributed by atoms with van der Waals surface area (Å²) in [6.45, 7) is 6.78. The second-order valence-electron chi connectivity index (χ2n) is 4.93. The molecule has 0 aliphatic carbocycles. The predicted octanol–water partition coefficient (Wildman–Crippen LogP) is 2.99. The molecule has 0 bridgehead atoms. The van der Waals surface area contributed by atoms with Gasteiger partial charge in [-0.25, -0.2) is 0 Å². The summed E-state index contributed by atoms with van der Waals surface area (Å²) in [7, 11) is 0. The molecule has 0 unspecified atom stereocenters. The second-order valence-corrected chi connectivity index (χ2v) is 4.93. The summed E-state index contributed by atoms with van der Waals surface area (Å²) < 4.78 is 0. The van der Waals surface area contributed by atoms with E-state index in [-0.39, 0.29) is 5.60 Å². The zero-order valence-electron chi connectivity index (χ0n) is 10.0. The van der Waals surface area contributed by atoms with Crippen LogP contribution in [0.2, 0.25) is 0 Å². The van der Waals surface area contributed by atoms with Crippen molar-refractivity contribution in [1.82, 2.24) is 10.5 Å². The fourth-order valence-corrected chi connectivity index (χ4v) is 1.54. The van der Waals surface area contributed by atoms with Crippen LogP contribution in [0.3, 0.4) is 0 Å². The smallest absolute Gasteiger partial charge is 0.0813 e. The summed E-state index contributed by atoms with van der Waals surface area (Å²) >= 11 is 0. The number of fused-ring (bicyclic) bond motifs is 1. The molecule has 2 N–H and O–H groups in total. The number of hydroxylamine groups is 1. The normalized spacial score (nSPS) is 12.2. The molecule has 0 aliphatic rings. The van der Waals surface area contributed by atoms with Crippen molar-refractivity contribution in [1.29, 1.82) is 0 Å². The van der Waals surface area contributed by atoms with Gasteiger partial charge in [-0.1, -0.05) is 12.1 Å². The standard InChI is InChI=1S/C13H18N2O/c1-13(2,3)16-15-9-10-4-5-11-6-7-14-12(11)8-10/h4-8,14-15H,9H2,1-3H3. The maximum atomic E-state index is 5.47. The van der Waals surface area contributed by atoms with E-state index < -0.39 is 0 Å². The van der Waals surface area contributed by atoms with Crippen molar-refractivity contribution >= 4 is 10.9 Å². The Morgan fingerprint density at radius 1 is 1.25 bits per heavy atom. The molecule has 3 nitrogen and oxygen atoms in total. The summed E-state index contributed by atoms with van der Waals surface area (Å²) in [6, 6.07) is 8.42. The Labute approximate surface area is 95.8 Å². The number of hydrogen-bond donors (Lipinski definition) is 2. The zero-order valence-corrected chi connectivity index (χ0v) is 10.0. The lowest BCUT2D eigenvalue weighted by atomic mass is 10.2. The van der Waals surface area contributed by atoms with Gasteiger partial charge in [0, 0.05) is 18.3 Å². The van der Waals surface area contributed by atoms with E-state index in [9.17, 15) is 0 Å². The highest BCUT2D eigenvalue weighted by atomic mass is 16.7. The van der Waals surface area contributed by atoms with Gasteiger partial charge < -0.3 is 4.98 Å². The molecule has 1 aromatic carbocycles. The fraction of sp³-hybridized carbons (Fsp3) is 0.385. The van der Waals surface area contributed by atoms with E-state index in [0.29, 0.717) is 6.54 Å². The third-order valence-electron chi connectivity index (χ3n) is 2.27. The summed E-state index contributed by atoms with van der Waals surface area (Å²) in [5.41, 5.74) is 5.20. The lowest BCUT2D eigenvalue weighted by Gasteiger charge is -2.19. The van der Waals surface area contributed by atoms with Gasteiger partial charge in [-0.05, 0) is 43.9 Å². The molecule has 3 heteroatoms. The predicted molar refractivity (Wildman–Crippen MR) is 66.0 cm³/mol. The molecule has 0 aliphatic heterocycles. The monoisotopic (exact) mass is 218 g/mol. The summed E-state index contributed by atoms with van der Waals surface area (Å²) in [5, 5.41) is 1.24. The lowest BCUT2D eigenvalue weighted by molar-refractivity contribution is -0.0757. The highest BCUT2D eigenvalue weighted by Crippen LogP contribution is 2.14. The van der Waals surface area contributed by atoms with Crippen molar-refractivity contribution in [2.45, 2.75) is 32.9 Å². The van der Waals surface area contributed by atoms with Crippen LogP contribution in [-0.2, 0) is 11.4 Å². The Morgan fingerprint density at radius 2 is 2.06 bits per heavy atom. The summed E-state index contributed by atoms with van der Waals surface area (Å²) in [5.74, 6) is 0. The van der Waals surface area contributed by atoms with Crippen molar-refractivity contribution in [2.24, 2.45) is 0 Å². The molecular formula is C13H18N2O. The van der Waals surface area contributed by atoms with Crippen LogP contribution in [0.1, 0.15) is 26.3 Å². The van der Waals surface area contributed by atoms with Crippen molar-refractivity contribution in [3.05, 3.63) is 36.0 Å². The number of aromatic amines is 1. The van der Waals surface area contributed by atoms with Crippen LogP contribution >= 0.6 is 0 Å². The molecule has 2 rings (SSSR count). The van der Waals surface area contributed by atoms with Gasteiger partial charge in [0.25, 0.3) is 0 Å². The van der Waals surface area contributed by atoms with E-state index in [4.69, 9.17) is 4.84 Å². The molecule has 16 heavy (non-hydrogen) atoms. The molecule has 2 aromatic rings. The number of benzene rings is 1. The molecule has 0 saturated carbocycles. The molecule has 1 aromatic heterocycles. The van der Waals surface area contributed by atoms with Gasteiger partial charge in [0.2, 0.25) is 0 Å². The van der Waals surface area contributed by atoms with Gasteiger partial charge >= 0.3 is 0 Å². The first-order chi connectivity index (χ1) is 7.54. The van der Waals surface area contributed by atoms with E-state index in [1.54, 1.807) is 0 Å². The van der Waals surface area contributed by atoms with Gasteiger partial charge in [0.1, 0.15) is 0 Å². The van der Waals surface area contributed by atoms with Crippen LogP contribution in [0.4, 0.5) is 0 Å². The number of H-pyrrole nitrogens is 1. The zero-order chi connectivity index (χ0) is 11.6. The lowest BCUT2D eigenvalue weighted by Crippen LogP contribution is -2.28. The summed E-state index contributed by atoms with van der Waals surface area (Å²) in [4.78, 5) is 8.66. The van der Waals surface area contributed by atoms with Crippen LogP contribution < -0.4 is 5.48 Å². The van der Waals surface area contributed by atoms with Crippen LogP contribution in [0.15, 0.2) is 30.5 Å². The third kappa shape index (κ3) is 2.84. The SMILES string of the molecule is CC(C)(C)ONCc1ccc2cc[nH]c2c1. The van der Waals surface area contributed by atoms with E-state index in [2.05, 4.69) is 34.7 Å². The minimum absolute atomic E-state index is 0.156. The Hall–Kier alpha value is -1.32. The largest absolute Gasteiger partial charge is 0.361 e. The van der Waals surface area contributed by atoms with Crippen molar-refractivity contribution in [3.63, 3.8) is 0 Å². The van der Waals surface area contributed by atoms with Gasteiger partial charge in [-0.2, -0.15) is 5.48 Å². The molecule has 0 amide bonds. The average molecular weight is 218 g/mol. The quantitative estimate of drug-likeness (QED) is 0.777. The van der Waals surface area contributed by atoms with Gasteiger partial charge in [0.15, 0.2) is 0 Å². The molecular weight excluding hydrogens is 200 g/mol. The topological polar surface area (TPSA) is 37.0 Å². The number of hydrogen-bond acceptors (Lipinski definition) is 2. The van der Waals surface area contributed by atoms with Gasteiger partial charge in [-0.3, -0.25) is 4.84 Å². The molecule has 1 heterocycles. The molecule has 0 saturated heterocycles. The minimum atomic E-state index is -0.156. The highest BCUT2D eigenvalue weighted by Gasteiger charge is 2.09. The van der Waals surface area contributed by atoms with Crippen LogP contribution in [-0.4, -0.2) is 10.6 Å². The van der Waals surface area contributed by atoms with Crippen LogP contribution in [0.5, 0.6) is 0 Å². The molecule has 0 fully saturated rings. The van der Waals surface area contributed by atoms with E-state index >= 15 is 0 Å². The molecule has 0 radical (unpaired) electrons. The first-order valence-corrected chi connectivity index (χ1v) is 5.51. The van der Waals surface area contributed by atoms with E-state index in [1.165, 1.54) is 10.9 Å². The third-order valence-corrected chi connectivity index (χ3v) is 2.27. The van der Waals surface area contributed by atoms with Crippen LogP contribution in [0.25, 0.3) is 10.9 Å². The molecule has 0 spiro atoms. The Kier molecular flexibility index (Phi) is 2.99. The van der Waals surface area contributed by atoms with E-state index in [1.807, 2.05) is 27.0 Å². The Morgan fingerprint density at radius 3 is 2.81 bits per heavy atom. The molecule has 0 atom stereocenters. The number of aromatic nitrogens is 1. The van der Waals surface area contributed by atoms with Gasteiger partial charge in [0.05, 0.1) is 5.60 Å². The van der Waals surface area contributed by atoms with Crippen molar-refractivity contribution in [3.8, 4) is 0 Å². The minimum Gasteiger partial charge on any atom is -0.361 e. The maximum Gasteiger partial charge on any atom is 0.0813 e. The summed E-state index contributed by atoms with van der Waals surface area (Å²) in [6.07, 6.45) is 1.95. The number of nitrogens with one attached hydrogen (secondary N) is 2. The van der Waals surface area contributed by atoms with Gasteiger partial charge in [-0.15, -0.1) is 0 Å². The van der Waals surface area contributed by atoms with E-state index in [0.717, 1.165) is 5.52 Å². The second kappa shape index (κ2) is 4.28. The molecule has 86 valence electrons.